The van der Waals surface area contributed by atoms with Gasteiger partial charge in [-0.25, -0.2) is 4.98 Å². The van der Waals surface area contributed by atoms with Gasteiger partial charge >= 0.3 is 0 Å². The van der Waals surface area contributed by atoms with Gasteiger partial charge in [-0.05, 0) is 65.9 Å². The summed E-state index contributed by atoms with van der Waals surface area (Å²) >= 11 is 0. The summed E-state index contributed by atoms with van der Waals surface area (Å²) in [7, 11) is 0. The fourth-order valence-electron chi connectivity index (χ4n) is 3.50. The van der Waals surface area contributed by atoms with E-state index in [-0.39, 0.29) is 5.91 Å². The van der Waals surface area contributed by atoms with E-state index in [2.05, 4.69) is 10.3 Å². The van der Waals surface area contributed by atoms with Gasteiger partial charge in [0.1, 0.15) is 12.4 Å². The summed E-state index contributed by atoms with van der Waals surface area (Å²) in [6.45, 7) is 0.505. The molecule has 1 amide bonds. The molecule has 0 spiro atoms. The molecule has 0 radical (unpaired) electrons. The number of halogens is 1. The van der Waals surface area contributed by atoms with Crippen LogP contribution in [-0.2, 0) is 17.8 Å². The quantitative estimate of drug-likeness (QED) is 0.305. The summed E-state index contributed by atoms with van der Waals surface area (Å²) < 4.78 is 19.6. The number of carbonyl (C=O) groups is 1. The molecule has 0 saturated heterocycles. The molecule has 0 aliphatic carbocycles. The summed E-state index contributed by atoms with van der Waals surface area (Å²) in [5.41, 5.74) is 4.23. The van der Waals surface area contributed by atoms with Crippen molar-refractivity contribution in [2.24, 2.45) is 0 Å². The number of benzene rings is 3. The zero-order valence-corrected chi connectivity index (χ0v) is 18.2. The molecule has 0 saturated carbocycles. The van der Waals surface area contributed by atoms with Gasteiger partial charge in [-0.1, -0.05) is 54.6 Å². The zero-order valence-electron chi connectivity index (χ0n) is 18.2. The lowest BCUT2D eigenvalue weighted by Gasteiger charge is -2.09. The normalized spacial score (nSPS) is 10.6. The lowest BCUT2D eigenvalue weighted by molar-refractivity contribution is -0.116. The molecule has 0 bridgehead atoms. The number of nitrogens with zero attached hydrogens (tertiary/aromatic N) is 1. The van der Waals surface area contributed by atoms with Gasteiger partial charge in [0.25, 0.3) is 0 Å². The number of carbonyl (C=O) groups excluding carboxylic acids is 1. The lowest BCUT2D eigenvalue weighted by atomic mass is 10.0. The van der Waals surface area contributed by atoms with E-state index in [1.54, 1.807) is 12.1 Å². The van der Waals surface area contributed by atoms with Crippen molar-refractivity contribution in [1.82, 2.24) is 4.98 Å². The van der Waals surface area contributed by atoms with Gasteiger partial charge in [0.2, 0.25) is 11.9 Å². The van der Waals surface area contributed by atoms with Crippen molar-refractivity contribution in [3.63, 3.8) is 0 Å². The molecule has 0 fully saturated rings. The zero-order chi connectivity index (χ0) is 22.9. The molecule has 1 N–H and O–H groups in total. The molecule has 3 aromatic carbocycles. The Bertz CT molecular complexity index is 1180. The van der Waals surface area contributed by atoms with Crippen LogP contribution in [0.15, 0.2) is 97.2 Å². The van der Waals surface area contributed by atoms with Crippen LogP contribution in [0.1, 0.15) is 24.0 Å². The molecule has 166 valence electrons. The van der Waals surface area contributed by atoms with Crippen molar-refractivity contribution in [2.75, 3.05) is 5.32 Å². The number of pyridine rings is 1. The van der Waals surface area contributed by atoms with Gasteiger partial charge in [-0.2, -0.15) is 4.39 Å². The monoisotopic (exact) mass is 440 g/mol. The minimum Gasteiger partial charge on any atom is -0.489 e. The molecular weight excluding hydrogens is 415 g/mol. The molecule has 0 aliphatic rings. The molecule has 0 unspecified atom stereocenters. The number of hydrogen-bond donors (Lipinski definition) is 1. The van der Waals surface area contributed by atoms with E-state index >= 15 is 0 Å². The molecule has 5 heteroatoms. The topological polar surface area (TPSA) is 51.2 Å². The van der Waals surface area contributed by atoms with E-state index in [4.69, 9.17) is 4.74 Å². The van der Waals surface area contributed by atoms with Crippen LogP contribution in [0.5, 0.6) is 5.75 Å². The average Bonchev–Trinajstić information content (AvgIpc) is 2.85. The summed E-state index contributed by atoms with van der Waals surface area (Å²) in [6, 6.07) is 28.5. The second-order valence-corrected chi connectivity index (χ2v) is 7.74. The third kappa shape index (κ3) is 6.50. The Hall–Kier alpha value is -3.99. The highest BCUT2D eigenvalue weighted by Crippen LogP contribution is 2.22. The maximum atomic E-state index is 13.8. The van der Waals surface area contributed by atoms with Gasteiger partial charge in [0.15, 0.2) is 0 Å². The Balaban J connectivity index is 1.20. The van der Waals surface area contributed by atoms with E-state index in [0.717, 1.165) is 41.0 Å². The number of nitrogens with one attached hydrogen (secondary N) is 1. The van der Waals surface area contributed by atoms with Crippen molar-refractivity contribution >= 4 is 11.6 Å². The van der Waals surface area contributed by atoms with Crippen molar-refractivity contribution in [1.29, 1.82) is 0 Å². The number of rotatable bonds is 9. The fraction of sp³-hybridized carbons (Fsp3) is 0.143. The van der Waals surface area contributed by atoms with E-state index in [1.807, 2.05) is 78.9 Å². The first kappa shape index (κ1) is 22.2. The van der Waals surface area contributed by atoms with Crippen molar-refractivity contribution in [3.05, 3.63) is 114 Å². The number of aromatic nitrogens is 1. The van der Waals surface area contributed by atoms with Gasteiger partial charge in [-0.3, -0.25) is 4.79 Å². The summed E-state index contributed by atoms with van der Waals surface area (Å²) in [5.74, 6) is 0.256. The molecule has 4 rings (SSSR count). The van der Waals surface area contributed by atoms with Gasteiger partial charge in [-0.15, -0.1) is 0 Å². The first-order valence-corrected chi connectivity index (χ1v) is 10.9. The average molecular weight is 441 g/mol. The molecule has 33 heavy (non-hydrogen) atoms. The number of hydrogen-bond acceptors (Lipinski definition) is 3. The summed E-state index contributed by atoms with van der Waals surface area (Å²) in [4.78, 5) is 16.0. The molecule has 1 aromatic heterocycles. The lowest BCUT2D eigenvalue weighted by Crippen LogP contribution is -2.11. The largest absolute Gasteiger partial charge is 0.489 e. The molecule has 0 atom stereocenters. The van der Waals surface area contributed by atoms with E-state index in [9.17, 15) is 9.18 Å². The van der Waals surface area contributed by atoms with Gasteiger partial charge in [0, 0.05) is 23.9 Å². The van der Waals surface area contributed by atoms with Crippen molar-refractivity contribution in [2.45, 2.75) is 25.9 Å². The van der Waals surface area contributed by atoms with Crippen molar-refractivity contribution in [3.8, 4) is 16.9 Å². The van der Waals surface area contributed by atoms with Crippen LogP contribution in [-0.4, -0.2) is 10.9 Å². The maximum Gasteiger partial charge on any atom is 0.224 e. The SMILES string of the molecule is O=C(CCCc1ccc(-c2cccnc2F)cc1)Nc1ccc(OCc2ccccc2)cc1. The third-order valence-electron chi connectivity index (χ3n) is 5.28. The molecule has 0 aliphatic heterocycles. The Morgan fingerprint density at radius 3 is 2.33 bits per heavy atom. The van der Waals surface area contributed by atoms with E-state index in [0.29, 0.717) is 18.6 Å². The molecular formula is C28H25FN2O2. The first-order chi connectivity index (χ1) is 16.2. The standard InChI is InChI=1S/C28H25FN2O2/c29-28-26(9-5-19-30-28)23-13-11-21(12-14-23)8-4-10-27(32)31-24-15-17-25(18-16-24)33-20-22-6-2-1-3-7-22/h1-3,5-7,9,11-19H,4,8,10,20H2,(H,31,32). The van der Waals surface area contributed by atoms with Crippen LogP contribution < -0.4 is 10.1 Å². The maximum absolute atomic E-state index is 13.8. The highest BCUT2D eigenvalue weighted by Gasteiger charge is 2.06. The van der Waals surface area contributed by atoms with Crippen LogP contribution in [0.4, 0.5) is 10.1 Å². The summed E-state index contributed by atoms with van der Waals surface area (Å²) in [5, 5.41) is 2.92. The fourth-order valence-corrected chi connectivity index (χ4v) is 3.50. The van der Waals surface area contributed by atoms with E-state index < -0.39 is 5.95 Å². The second-order valence-electron chi connectivity index (χ2n) is 7.74. The van der Waals surface area contributed by atoms with Crippen LogP contribution in [0, 0.1) is 5.95 Å². The predicted molar refractivity (Wildman–Crippen MR) is 128 cm³/mol. The first-order valence-electron chi connectivity index (χ1n) is 10.9. The Labute approximate surface area is 193 Å². The number of aryl methyl sites for hydroxylation is 1. The minimum absolute atomic E-state index is 0.0259. The number of anilines is 1. The predicted octanol–water partition coefficient (Wildman–Crippen LogP) is 6.43. The van der Waals surface area contributed by atoms with Crippen molar-refractivity contribution < 1.29 is 13.9 Å². The highest BCUT2D eigenvalue weighted by molar-refractivity contribution is 5.90. The Morgan fingerprint density at radius 2 is 1.61 bits per heavy atom. The number of amides is 1. The van der Waals surface area contributed by atoms with Crippen LogP contribution in [0.25, 0.3) is 11.1 Å². The van der Waals surface area contributed by atoms with E-state index in [1.165, 1.54) is 6.20 Å². The number of ether oxygens (including phenoxy) is 1. The highest BCUT2D eigenvalue weighted by atomic mass is 19.1. The second kappa shape index (κ2) is 11.0. The molecule has 4 aromatic rings. The molecule has 1 heterocycles. The van der Waals surface area contributed by atoms with Crippen LogP contribution in [0.3, 0.4) is 0 Å². The Kier molecular flexibility index (Phi) is 7.44. The smallest absolute Gasteiger partial charge is 0.224 e. The van der Waals surface area contributed by atoms with Crippen LogP contribution >= 0.6 is 0 Å². The molecule has 4 nitrogen and oxygen atoms in total. The third-order valence-corrected chi connectivity index (χ3v) is 5.28. The summed E-state index contributed by atoms with van der Waals surface area (Å²) in [6.07, 6.45) is 3.36. The Morgan fingerprint density at radius 1 is 0.848 bits per heavy atom. The van der Waals surface area contributed by atoms with Crippen LogP contribution in [0.2, 0.25) is 0 Å². The minimum atomic E-state index is -0.474. The van der Waals surface area contributed by atoms with Gasteiger partial charge < -0.3 is 10.1 Å². The van der Waals surface area contributed by atoms with Gasteiger partial charge in [0.05, 0.1) is 0 Å².